The summed E-state index contributed by atoms with van der Waals surface area (Å²) in [7, 11) is -4.60. The van der Waals surface area contributed by atoms with Crippen molar-refractivity contribution in [1.82, 2.24) is 0 Å². The average molecular weight is 681 g/mol. The summed E-state index contributed by atoms with van der Waals surface area (Å²) in [6.45, 7) is 2.35. The number of phosphoric ester groups is 1. The van der Waals surface area contributed by atoms with Gasteiger partial charge in [0.2, 0.25) is 0 Å². The van der Waals surface area contributed by atoms with Crippen molar-refractivity contribution in [3.05, 3.63) is 0 Å². The van der Waals surface area contributed by atoms with Crippen LogP contribution in [-0.4, -0.2) is 65.7 Å². The van der Waals surface area contributed by atoms with Crippen LogP contribution < -0.4 is 0 Å². The molecule has 3 atom stereocenters. The van der Waals surface area contributed by atoms with E-state index in [1.807, 2.05) is 0 Å². The molecule has 46 heavy (non-hydrogen) atoms. The van der Waals surface area contributed by atoms with Crippen molar-refractivity contribution in [2.75, 3.05) is 26.4 Å². The van der Waals surface area contributed by atoms with Crippen LogP contribution in [0.25, 0.3) is 0 Å². The van der Waals surface area contributed by atoms with Crippen molar-refractivity contribution in [3.63, 3.8) is 0 Å². The van der Waals surface area contributed by atoms with Gasteiger partial charge in [-0.1, -0.05) is 149 Å². The highest BCUT2D eigenvalue weighted by atomic mass is 31.2. The molecular weight excluding hydrogens is 611 g/mol. The van der Waals surface area contributed by atoms with Crippen LogP contribution in [0.1, 0.15) is 174 Å². The molecule has 0 aliphatic rings. The largest absolute Gasteiger partial charge is 0.472 e. The molecule has 0 aliphatic heterocycles. The summed E-state index contributed by atoms with van der Waals surface area (Å²) in [5, 5.41) is 18.2. The molecule has 1 unspecified atom stereocenters. The predicted molar refractivity (Wildman–Crippen MR) is 182 cm³/mol. The molecule has 0 heterocycles. The number of unbranched alkanes of at least 4 members (excludes halogenated alkanes) is 21. The molecule has 0 bridgehead atoms. The average Bonchev–Trinajstić information content (AvgIpc) is 3.04. The first-order valence-electron chi connectivity index (χ1n) is 18.5. The SMILES string of the molecule is CCCCCCCCCCCCCCCCCC(=O)O[C@H](COC(=O)CCCCCCCCCC)COP(=O)(O)OC[C@@H](O)CO. The maximum absolute atomic E-state index is 12.5. The minimum Gasteiger partial charge on any atom is -0.462 e. The molecule has 0 rings (SSSR count). The summed E-state index contributed by atoms with van der Waals surface area (Å²) in [4.78, 5) is 34.6. The Kier molecular flexibility index (Phi) is 31.8. The molecule has 0 aromatic heterocycles. The van der Waals surface area contributed by atoms with Crippen LogP contribution in [-0.2, 0) is 32.7 Å². The van der Waals surface area contributed by atoms with E-state index in [1.54, 1.807) is 0 Å². The Morgan fingerprint density at radius 1 is 0.565 bits per heavy atom. The molecule has 11 heteroatoms. The lowest BCUT2D eigenvalue weighted by Gasteiger charge is -2.20. The fourth-order valence-corrected chi connectivity index (χ4v) is 5.90. The van der Waals surface area contributed by atoms with E-state index < -0.39 is 51.8 Å². The van der Waals surface area contributed by atoms with Crippen LogP contribution in [0.3, 0.4) is 0 Å². The molecular formula is C35H69O10P. The van der Waals surface area contributed by atoms with E-state index in [9.17, 15) is 24.2 Å². The summed E-state index contributed by atoms with van der Waals surface area (Å²) in [6, 6.07) is 0. The predicted octanol–water partition coefficient (Wildman–Crippen LogP) is 8.72. The van der Waals surface area contributed by atoms with E-state index in [1.165, 1.54) is 96.3 Å². The summed E-state index contributed by atoms with van der Waals surface area (Å²) in [5.41, 5.74) is 0. The third kappa shape index (κ3) is 31.6. The fourth-order valence-electron chi connectivity index (χ4n) is 5.11. The highest BCUT2D eigenvalue weighted by Gasteiger charge is 2.27. The van der Waals surface area contributed by atoms with Crippen molar-refractivity contribution >= 4 is 19.8 Å². The molecule has 0 spiro atoms. The van der Waals surface area contributed by atoms with Gasteiger partial charge < -0.3 is 24.6 Å². The van der Waals surface area contributed by atoms with Crippen LogP contribution in [0.2, 0.25) is 0 Å². The number of hydrogen-bond acceptors (Lipinski definition) is 9. The molecule has 0 aromatic carbocycles. The minimum atomic E-state index is -4.60. The van der Waals surface area contributed by atoms with Crippen LogP contribution in [0.15, 0.2) is 0 Å². The molecule has 0 amide bonds. The van der Waals surface area contributed by atoms with Gasteiger partial charge in [-0.15, -0.1) is 0 Å². The molecule has 0 aromatic rings. The smallest absolute Gasteiger partial charge is 0.462 e. The third-order valence-electron chi connectivity index (χ3n) is 8.01. The van der Waals surface area contributed by atoms with Gasteiger partial charge in [0, 0.05) is 12.8 Å². The number of phosphoric acid groups is 1. The second-order valence-corrected chi connectivity index (χ2v) is 14.1. The first kappa shape index (κ1) is 45.0. The van der Waals surface area contributed by atoms with Gasteiger partial charge in [0.25, 0.3) is 0 Å². The van der Waals surface area contributed by atoms with Gasteiger partial charge in [-0.25, -0.2) is 4.57 Å². The normalized spacial score (nSPS) is 14.1. The van der Waals surface area contributed by atoms with E-state index in [0.717, 1.165) is 38.5 Å². The van der Waals surface area contributed by atoms with E-state index >= 15 is 0 Å². The lowest BCUT2D eigenvalue weighted by atomic mass is 10.0. The Morgan fingerprint density at radius 2 is 0.935 bits per heavy atom. The third-order valence-corrected chi connectivity index (χ3v) is 8.96. The summed E-state index contributed by atoms with van der Waals surface area (Å²) in [6.07, 6.45) is 25.1. The summed E-state index contributed by atoms with van der Waals surface area (Å²) < 4.78 is 32.5. The summed E-state index contributed by atoms with van der Waals surface area (Å²) >= 11 is 0. The topological polar surface area (TPSA) is 149 Å². The number of aliphatic hydroxyl groups is 2. The Balaban J connectivity index is 4.31. The van der Waals surface area contributed by atoms with Crippen molar-refractivity contribution in [1.29, 1.82) is 0 Å². The van der Waals surface area contributed by atoms with E-state index in [4.69, 9.17) is 19.1 Å². The van der Waals surface area contributed by atoms with Crippen LogP contribution in [0, 0.1) is 0 Å². The van der Waals surface area contributed by atoms with Gasteiger partial charge in [0.1, 0.15) is 12.7 Å². The number of carbonyl (C=O) groups excluding carboxylic acids is 2. The lowest BCUT2D eigenvalue weighted by molar-refractivity contribution is -0.161. The zero-order valence-corrected chi connectivity index (χ0v) is 30.2. The van der Waals surface area contributed by atoms with Crippen LogP contribution in [0.4, 0.5) is 0 Å². The van der Waals surface area contributed by atoms with Crippen molar-refractivity contribution < 1.29 is 47.8 Å². The van der Waals surface area contributed by atoms with Gasteiger partial charge in [0.15, 0.2) is 6.10 Å². The number of ether oxygens (including phenoxy) is 2. The quantitative estimate of drug-likeness (QED) is 0.0337. The first-order chi connectivity index (χ1) is 22.2. The van der Waals surface area contributed by atoms with Gasteiger partial charge in [0.05, 0.1) is 19.8 Å². The van der Waals surface area contributed by atoms with Crippen molar-refractivity contribution in [3.8, 4) is 0 Å². The second kappa shape index (κ2) is 32.5. The molecule has 274 valence electrons. The molecule has 0 saturated carbocycles. The fraction of sp³-hybridized carbons (Fsp3) is 0.943. The van der Waals surface area contributed by atoms with Gasteiger partial charge in [-0.3, -0.25) is 18.6 Å². The Hall–Kier alpha value is -1.03. The molecule has 0 saturated heterocycles. The number of rotatable bonds is 35. The number of carbonyl (C=O) groups is 2. The monoisotopic (exact) mass is 680 g/mol. The van der Waals surface area contributed by atoms with Crippen LogP contribution in [0.5, 0.6) is 0 Å². The highest BCUT2D eigenvalue weighted by Crippen LogP contribution is 2.43. The van der Waals surface area contributed by atoms with Gasteiger partial charge in [-0.05, 0) is 12.8 Å². The Bertz CT molecular complexity index is 751. The Morgan fingerprint density at radius 3 is 1.35 bits per heavy atom. The van der Waals surface area contributed by atoms with Crippen LogP contribution >= 0.6 is 7.82 Å². The highest BCUT2D eigenvalue weighted by molar-refractivity contribution is 7.47. The summed E-state index contributed by atoms with van der Waals surface area (Å²) in [5.74, 6) is -0.921. The van der Waals surface area contributed by atoms with E-state index in [-0.39, 0.29) is 19.4 Å². The molecule has 0 fully saturated rings. The molecule has 10 nitrogen and oxygen atoms in total. The molecule has 3 N–H and O–H groups in total. The Labute approximate surface area is 280 Å². The number of esters is 2. The second-order valence-electron chi connectivity index (χ2n) is 12.6. The first-order valence-corrected chi connectivity index (χ1v) is 20.0. The minimum absolute atomic E-state index is 0.191. The molecule has 0 radical (unpaired) electrons. The zero-order chi connectivity index (χ0) is 34.1. The maximum atomic E-state index is 12.5. The maximum Gasteiger partial charge on any atom is 0.472 e. The molecule has 0 aliphatic carbocycles. The standard InChI is InChI=1S/C35H69O10P/c1-3-5-7-9-11-13-14-15-16-17-18-19-21-23-25-27-35(39)45-33(31-44-46(40,41)43-29-32(37)28-36)30-42-34(38)26-24-22-20-12-10-8-6-4-2/h32-33,36-37H,3-31H2,1-2H3,(H,40,41)/t32-,33+/m0/s1. The van der Waals surface area contributed by atoms with Gasteiger partial charge in [-0.2, -0.15) is 0 Å². The van der Waals surface area contributed by atoms with E-state index in [2.05, 4.69) is 18.4 Å². The number of aliphatic hydroxyl groups excluding tert-OH is 2. The van der Waals surface area contributed by atoms with Gasteiger partial charge >= 0.3 is 19.8 Å². The zero-order valence-electron chi connectivity index (χ0n) is 29.3. The van der Waals surface area contributed by atoms with Crippen molar-refractivity contribution in [2.24, 2.45) is 0 Å². The lowest BCUT2D eigenvalue weighted by Crippen LogP contribution is -2.29. The number of hydrogen-bond donors (Lipinski definition) is 3. The van der Waals surface area contributed by atoms with Crippen molar-refractivity contribution in [2.45, 2.75) is 187 Å². The van der Waals surface area contributed by atoms with E-state index in [0.29, 0.717) is 12.8 Å².